The van der Waals surface area contributed by atoms with E-state index in [9.17, 15) is 12.8 Å². The Morgan fingerprint density at radius 2 is 1.83 bits per heavy atom. The fourth-order valence-electron chi connectivity index (χ4n) is 2.55. The van der Waals surface area contributed by atoms with Crippen molar-refractivity contribution in [2.24, 2.45) is 5.92 Å². The standard InChI is InChI=1S/C13H18FNO2S/c1-9-4-5-15(8-9)18(16,17)13-10(2)6-12(14)7-11(13)3/h6-7,9H,4-5,8H2,1-3H3. The van der Waals surface area contributed by atoms with Gasteiger partial charge in [0.1, 0.15) is 5.82 Å². The van der Waals surface area contributed by atoms with E-state index < -0.39 is 15.8 Å². The van der Waals surface area contributed by atoms with Gasteiger partial charge in [-0.15, -0.1) is 0 Å². The molecule has 0 saturated carbocycles. The highest BCUT2D eigenvalue weighted by Crippen LogP contribution is 2.28. The van der Waals surface area contributed by atoms with Crippen LogP contribution in [-0.4, -0.2) is 25.8 Å². The van der Waals surface area contributed by atoms with Gasteiger partial charge in [0.05, 0.1) is 4.90 Å². The monoisotopic (exact) mass is 271 g/mol. The lowest BCUT2D eigenvalue weighted by Gasteiger charge is -2.19. The third-order valence-corrected chi connectivity index (χ3v) is 5.58. The van der Waals surface area contributed by atoms with Crippen LogP contribution in [0.25, 0.3) is 0 Å². The van der Waals surface area contributed by atoms with Crippen LogP contribution in [0.4, 0.5) is 4.39 Å². The summed E-state index contributed by atoms with van der Waals surface area (Å²) in [6, 6.07) is 2.55. The number of halogens is 1. The van der Waals surface area contributed by atoms with Crippen molar-refractivity contribution >= 4 is 10.0 Å². The van der Waals surface area contributed by atoms with Crippen molar-refractivity contribution in [2.75, 3.05) is 13.1 Å². The minimum Gasteiger partial charge on any atom is -0.207 e. The Morgan fingerprint density at radius 3 is 2.28 bits per heavy atom. The summed E-state index contributed by atoms with van der Waals surface area (Å²) >= 11 is 0. The van der Waals surface area contributed by atoms with Crippen molar-refractivity contribution in [3.8, 4) is 0 Å². The zero-order valence-corrected chi connectivity index (χ0v) is 11.7. The first-order chi connectivity index (χ1) is 8.32. The molecule has 1 unspecified atom stereocenters. The molecule has 0 bridgehead atoms. The summed E-state index contributed by atoms with van der Waals surface area (Å²) in [7, 11) is -3.48. The maximum absolute atomic E-state index is 13.2. The zero-order valence-electron chi connectivity index (χ0n) is 10.9. The number of sulfonamides is 1. The maximum Gasteiger partial charge on any atom is 0.243 e. The van der Waals surface area contributed by atoms with E-state index in [0.717, 1.165) is 6.42 Å². The average molecular weight is 271 g/mol. The Hall–Kier alpha value is -0.940. The summed E-state index contributed by atoms with van der Waals surface area (Å²) < 4.78 is 39.8. The summed E-state index contributed by atoms with van der Waals surface area (Å²) in [4.78, 5) is 0.262. The summed E-state index contributed by atoms with van der Waals surface area (Å²) in [5.74, 6) is -0.000393. The van der Waals surface area contributed by atoms with E-state index in [-0.39, 0.29) is 4.90 Å². The molecule has 0 spiro atoms. The lowest BCUT2D eigenvalue weighted by molar-refractivity contribution is 0.463. The molecular weight excluding hydrogens is 253 g/mol. The summed E-state index contributed by atoms with van der Waals surface area (Å²) in [5, 5.41) is 0. The van der Waals surface area contributed by atoms with Gasteiger partial charge in [0.25, 0.3) is 0 Å². The van der Waals surface area contributed by atoms with E-state index in [2.05, 4.69) is 0 Å². The molecular formula is C13H18FNO2S. The minimum atomic E-state index is -3.48. The van der Waals surface area contributed by atoms with E-state index in [1.807, 2.05) is 6.92 Å². The minimum absolute atomic E-state index is 0.262. The molecule has 0 radical (unpaired) electrons. The third kappa shape index (κ3) is 2.29. The molecule has 100 valence electrons. The summed E-state index contributed by atoms with van der Waals surface area (Å²) in [6.07, 6.45) is 0.887. The van der Waals surface area contributed by atoms with Gasteiger partial charge in [0.2, 0.25) is 10.0 Å². The van der Waals surface area contributed by atoms with Gasteiger partial charge in [-0.3, -0.25) is 0 Å². The lowest BCUT2D eigenvalue weighted by atomic mass is 10.1. The Kier molecular flexibility index (Phi) is 3.47. The Balaban J connectivity index is 2.48. The second-order valence-electron chi connectivity index (χ2n) is 5.13. The summed E-state index contributed by atoms with van der Waals surface area (Å²) in [5.41, 5.74) is 0.958. The molecule has 1 aliphatic rings. The van der Waals surface area contributed by atoms with Crippen LogP contribution >= 0.6 is 0 Å². The number of benzene rings is 1. The molecule has 1 saturated heterocycles. The van der Waals surface area contributed by atoms with Crippen LogP contribution in [0.5, 0.6) is 0 Å². The van der Waals surface area contributed by atoms with Gasteiger partial charge in [-0.25, -0.2) is 12.8 Å². The first-order valence-electron chi connectivity index (χ1n) is 6.09. The molecule has 1 aromatic rings. The highest BCUT2D eigenvalue weighted by atomic mass is 32.2. The van der Waals surface area contributed by atoms with Gasteiger partial charge in [0, 0.05) is 13.1 Å². The largest absolute Gasteiger partial charge is 0.243 e. The molecule has 1 fully saturated rings. The molecule has 1 aliphatic heterocycles. The number of nitrogens with zero attached hydrogens (tertiary/aromatic N) is 1. The van der Waals surface area contributed by atoms with Crippen LogP contribution in [-0.2, 0) is 10.0 Å². The molecule has 1 heterocycles. The molecule has 3 nitrogen and oxygen atoms in total. The number of aryl methyl sites for hydroxylation is 2. The van der Waals surface area contributed by atoms with Gasteiger partial charge >= 0.3 is 0 Å². The van der Waals surface area contributed by atoms with Crippen LogP contribution in [0, 0.1) is 25.6 Å². The number of rotatable bonds is 2. The molecule has 2 rings (SSSR count). The van der Waals surface area contributed by atoms with E-state index in [4.69, 9.17) is 0 Å². The Bertz CT molecular complexity index is 545. The maximum atomic E-state index is 13.2. The van der Waals surface area contributed by atoms with E-state index in [1.54, 1.807) is 13.8 Å². The van der Waals surface area contributed by atoms with E-state index in [1.165, 1.54) is 16.4 Å². The molecule has 5 heteroatoms. The topological polar surface area (TPSA) is 37.4 Å². The van der Waals surface area contributed by atoms with Crippen LogP contribution < -0.4 is 0 Å². The molecule has 0 amide bonds. The smallest absolute Gasteiger partial charge is 0.207 e. The van der Waals surface area contributed by atoms with Crippen molar-refractivity contribution in [2.45, 2.75) is 32.1 Å². The molecule has 0 N–H and O–H groups in total. The predicted octanol–water partition coefficient (Wildman–Crippen LogP) is 2.47. The quantitative estimate of drug-likeness (QED) is 0.828. The van der Waals surface area contributed by atoms with Gasteiger partial charge in [-0.05, 0) is 49.4 Å². The van der Waals surface area contributed by atoms with E-state index >= 15 is 0 Å². The number of hydrogen-bond donors (Lipinski definition) is 0. The molecule has 1 aromatic carbocycles. The zero-order chi connectivity index (χ0) is 13.5. The van der Waals surface area contributed by atoms with Crippen molar-refractivity contribution in [1.29, 1.82) is 0 Å². The SMILES string of the molecule is Cc1cc(F)cc(C)c1S(=O)(=O)N1CCC(C)C1. The van der Waals surface area contributed by atoms with Crippen LogP contribution in [0.2, 0.25) is 0 Å². The highest BCUT2D eigenvalue weighted by Gasteiger charge is 2.32. The van der Waals surface area contributed by atoms with E-state index in [0.29, 0.717) is 30.1 Å². The predicted molar refractivity (Wildman–Crippen MR) is 68.4 cm³/mol. The molecule has 1 atom stereocenters. The van der Waals surface area contributed by atoms with Crippen LogP contribution in [0.15, 0.2) is 17.0 Å². The molecule has 0 aromatic heterocycles. The summed E-state index contributed by atoms with van der Waals surface area (Å²) in [6.45, 7) is 6.43. The Labute approximate surface area is 108 Å². The number of hydrogen-bond acceptors (Lipinski definition) is 2. The molecule has 18 heavy (non-hydrogen) atoms. The van der Waals surface area contributed by atoms with Gasteiger partial charge < -0.3 is 0 Å². The van der Waals surface area contributed by atoms with Crippen LogP contribution in [0.1, 0.15) is 24.5 Å². The van der Waals surface area contributed by atoms with Gasteiger partial charge in [-0.2, -0.15) is 4.31 Å². The highest BCUT2D eigenvalue weighted by molar-refractivity contribution is 7.89. The van der Waals surface area contributed by atoms with Crippen molar-refractivity contribution in [1.82, 2.24) is 4.31 Å². The lowest BCUT2D eigenvalue weighted by Crippen LogP contribution is -2.29. The van der Waals surface area contributed by atoms with Crippen molar-refractivity contribution in [3.63, 3.8) is 0 Å². The second kappa shape index (κ2) is 4.63. The normalized spacial score (nSPS) is 21.4. The molecule has 0 aliphatic carbocycles. The third-order valence-electron chi connectivity index (χ3n) is 3.41. The first-order valence-corrected chi connectivity index (χ1v) is 7.53. The van der Waals surface area contributed by atoms with Crippen molar-refractivity contribution in [3.05, 3.63) is 29.1 Å². The van der Waals surface area contributed by atoms with Crippen LogP contribution in [0.3, 0.4) is 0 Å². The second-order valence-corrected chi connectivity index (χ2v) is 7.00. The fraction of sp³-hybridized carbons (Fsp3) is 0.538. The average Bonchev–Trinajstić information content (AvgIpc) is 2.63. The van der Waals surface area contributed by atoms with Crippen molar-refractivity contribution < 1.29 is 12.8 Å². The van der Waals surface area contributed by atoms with Gasteiger partial charge in [-0.1, -0.05) is 6.92 Å². The first kappa shape index (κ1) is 13.5. The Morgan fingerprint density at radius 1 is 1.28 bits per heavy atom. The fourth-order valence-corrected chi connectivity index (χ4v) is 4.53. The van der Waals surface area contributed by atoms with Gasteiger partial charge in [0.15, 0.2) is 0 Å².